The van der Waals surface area contributed by atoms with Gasteiger partial charge in [-0.25, -0.2) is 4.39 Å². The lowest BCUT2D eigenvalue weighted by atomic mass is 10.1. The van der Waals surface area contributed by atoms with Crippen molar-refractivity contribution in [1.82, 2.24) is 14.8 Å². The SMILES string of the molecule is O=C(c1[nH]c2ccc(F)c(Cl)c2c1Cl)N1CCN2C(=O)CC[C@H]2C1. The summed E-state index contributed by atoms with van der Waals surface area (Å²) in [6.45, 7) is 1.47. The summed E-state index contributed by atoms with van der Waals surface area (Å²) in [6.07, 6.45) is 1.30. The fourth-order valence-corrected chi connectivity index (χ4v) is 4.17. The van der Waals surface area contributed by atoms with Gasteiger partial charge in [-0.2, -0.15) is 0 Å². The predicted molar refractivity (Wildman–Crippen MR) is 88.9 cm³/mol. The Labute approximate surface area is 147 Å². The van der Waals surface area contributed by atoms with E-state index < -0.39 is 5.82 Å². The summed E-state index contributed by atoms with van der Waals surface area (Å²) < 4.78 is 13.6. The molecule has 2 saturated heterocycles. The van der Waals surface area contributed by atoms with Gasteiger partial charge in [0.1, 0.15) is 11.5 Å². The maximum absolute atomic E-state index is 13.6. The quantitative estimate of drug-likeness (QED) is 0.839. The molecule has 1 N–H and O–H groups in total. The Bertz CT molecular complexity index is 867. The Morgan fingerprint density at radius 1 is 1.25 bits per heavy atom. The summed E-state index contributed by atoms with van der Waals surface area (Å²) >= 11 is 12.3. The van der Waals surface area contributed by atoms with Crippen LogP contribution in [0.25, 0.3) is 10.9 Å². The molecule has 0 spiro atoms. The third-order valence-electron chi connectivity index (χ3n) is 4.79. The average molecular weight is 370 g/mol. The number of nitrogens with one attached hydrogen (secondary N) is 1. The van der Waals surface area contributed by atoms with Crippen LogP contribution in [0.3, 0.4) is 0 Å². The molecule has 2 aromatic rings. The topological polar surface area (TPSA) is 56.4 Å². The van der Waals surface area contributed by atoms with Gasteiger partial charge in [-0.05, 0) is 18.6 Å². The van der Waals surface area contributed by atoms with Crippen molar-refractivity contribution in [2.75, 3.05) is 19.6 Å². The molecule has 5 nitrogen and oxygen atoms in total. The first-order valence-electron chi connectivity index (χ1n) is 7.71. The molecule has 24 heavy (non-hydrogen) atoms. The monoisotopic (exact) mass is 369 g/mol. The van der Waals surface area contributed by atoms with Gasteiger partial charge in [0.2, 0.25) is 5.91 Å². The smallest absolute Gasteiger partial charge is 0.271 e. The number of fused-ring (bicyclic) bond motifs is 2. The highest BCUT2D eigenvalue weighted by atomic mass is 35.5. The van der Waals surface area contributed by atoms with E-state index in [0.29, 0.717) is 37.0 Å². The molecule has 1 aromatic carbocycles. The fraction of sp³-hybridized carbons (Fsp3) is 0.375. The summed E-state index contributed by atoms with van der Waals surface area (Å²) in [7, 11) is 0. The molecule has 2 fully saturated rings. The zero-order chi connectivity index (χ0) is 17.0. The number of rotatable bonds is 1. The first-order chi connectivity index (χ1) is 11.5. The number of carbonyl (C=O) groups excluding carboxylic acids is 2. The van der Waals surface area contributed by atoms with Gasteiger partial charge >= 0.3 is 0 Å². The normalized spacial score (nSPS) is 20.8. The van der Waals surface area contributed by atoms with Crippen LogP contribution in [0, 0.1) is 5.82 Å². The van der Waals surface area contributed by atoms with Gasteiger partial charge in [-0.15, -0.1) is 0 Å². The van der Waals surface area contributed by atoms with E-state index in [1.807, 2.05) is 4.90 Å². The minimum atomic E-state index is -0.581. The van der Waals surface area contributed by atoms with Crippen molar-refractivity contribution in [2.24, 2.45) is 0 Å². The zero-order valence-electron chi connectivity index (χ0n) is 12.6. The van der Waals surface area contributed by atoms with Gasteiger partial charge in [0, 0.05) is 43.0 Å². The second-order valence-corrected chi connectivity index (χ2v) is 6.88. The van der Waals surface area contributed by atoms with E-state index in [4.69, 9.17) is 23.2 Å². The number of piperazine rings is 1. The number of carbonyl (C=O) groups is 2. The molecule has 3 heterocycles. The largest absolute Gasteiger partial charge is 0.349 e. The molecule has 8 heteroatoms. The van der Waals surface area contributed by atoms with Crippen LogP contribution < -0.4 is 0 Å². The third kappa shape index (κ3) is 2.28. The Morgan fingerprint density at radius 2 is 2.04 bits per heavy atom. The first kappa shape index (κ1) is 15.7. The molecule has 4 rings (SSSR count). The van der Waals surface area contributed by atoms with Crippen LogP contribution in [0.4, 0.5) is 4.39 Å². The molecule has 0 saturated carbocycles. The Kier molecular flexibility index (Phi) is 3.69. The molecule has 2 aliphatic heterocycles. The van der Waals surface area contributed by atoms with E-state index in [0.717, 1.165) is 6.42 Å². The molecule has 0 unspecified atom stereocenters. The van der Waals surface area contributed by atoms with Crippen molar-refractivity contribution in [3.05, 3.63) is 33.7 Å². The van der Waals surface area contributed by atoms with E-state index >= 15 is 0 Å². The zero-order valence-corrected chi connectivity index (χ0v) is 14.1. The minimum Gasteiger partial charge on any atom is -0.349 e. The van der Waals surface area contributed by atoms with Crippen LogP contribution >= 0.6 is 23.2 Å². The standard InChI is InChI=1S/C16H14Cl2FN3O2/c17-13-9(19)2-3-10-12(13)14(18)15(20-10)16(24)21-5-6-22-8(7-21)1-4-11(22)23/h2-3,8,20H,1,4-7H2/t8-/m0/s1. The number of aromatic nitrogens is 1. The first-order valence-corrected chi connectivity index (χ1v) is 8.47. The van der Waals surface area contributed by atoms with Crippen LogP contribution in [0.2, 0.25) is 10.0 Å². The summed E-state index contributed by atoms with van der Waals surface area (Å²) in [5.41, 5.74) is 0.723. The number of nitrogens with zero attached hydrogens (tertiary/aromatic N) is 2. The molecular formula is C16H14Cl2FN3O2. The summed E-state index contributed by atoms with van der Waals surface area (Å²) in [4.78, 5) is 31.0. The highest BCUT2D eigenvalue weighted by molar-refractivity contribution is 6.44. The number of H-pyrrole nitrogens is 1. The van der Waals surface area contributed by atoms with Gasteiger partial charge in [-0.1, -0.05) is 23.2 Å². The molecule has 2 aliphatic rings. The van der Waals surface area contributed by atoms with Crippen molar-refractivity contribution < 1.29 is 14.0 Å². The highest BCUT2D eigenvalue weighted by Gasteiger charge is 2.37. The van der Waals surface area contributed by atoms with Crippen molar-refractivity contribution >= 4 is 45.9 Å². The lowest BCUT2D eigenvalue weighted by Gasteiger charge is -2.37. The molecule has 2 amide bonds. The van der Waals surface area contributed by atoms with Crippen molar-refractivity contribution in [3.63, 3.8) is 0 Å². The average Bonchev–Trinajstić information content (AvgIpc) is 3.11. The highest BCUT2D eigenvalue weighted by Crippen LogP contribution is 2.35. The van der Waals surface area contributed by atoms with Crippen LogP contribution in [0.15, 0.2) is 12.1 Å². The van der Waals surface area contributed by atoms with Gasteiger partial charge < -0.3 is 14.8 Å². The van der Waals surface area contributed by atoms with E-state index in [-0.39, 0.29) is 33.6 Å². The summed E-state index contributed by atoms with van der Waals surface area (Å²) in [5, 5.41) is 0.347. The van der Waals surface area contributed by atoms with E-state index in [1.165, 1.54) is 12.1 Å². The Hall–Kier alpha value is -1.79. The van der Waals surface area contributed by atoms with Crippen LogP contribution in [0.5, 0.6) is 0 Å². The maximum atomic E-state index is 13.6. The number of hydrogen-bond acceptors (Lipinski definition) is 2. The van der Waals surface area contributed by atoms with Gasteiger partial charge in [0.15, 0.2) is 0 Å². The summed E-state index contributed by atoms with van der Waals surface area (Å²) in [6, 6.07) is 2.81. The summed E-state index contributed by atoms with van der Waals surface area (Å²) in [5.74, 6) is -0.688. The maximum Gasteiger partial charge on any atom is 0.271 e. The number of aromatic amines is 1. The lowest BCUT2D eigenvalue weighted by Crippen LogP contribution is -2.53. The van der Waals surface area contributed by atoms with E-state index in [2.05, 4.69) is 4.98 Å². The van der Waals surface area contributed by atoms with E-state index in [9.17, 15) is 14.0 Å². The van der Waals surface area contributed by atoms with Gasteiger partial charge in [-0.3, -0.25) is 9.59 Å². The minimum absolute atomic E-state index is 0.0689. The van der Waals surface area contributed by atoms with Gasteiger partial charge in [0.25, 0.3) is 5.91 Å². The molecule has 0 bridgehead atoms. The number of hydrogen-bond donors (Lipinski definition) is 1. The predicted octanol–water partition coefficient (Wildman–Crippen LogP) is 3.06. The molecule has 1 aromatic heterocycles. The second-order valence-electron chi connectivity index (χ2n) is 6.13. The Morgan fingerprint density at radius 3 is 2.83 bits per heavy atom. The third-order valence-corrected chi connectivity index (χ3v) is 5.54. The Balaban J connectivity index is 1.66. The second kappa shape index (κ2) is 5.63. The molecular weight excluding hydrogens is 356 g/mol. The van der Waals surface area contributed by atoms with Crippen molar-refractivity contribution in [2.45, 2.75) is 18.9 Å². The number of amides is 2. The fourth-order valence-electron chi connectivity index (χ4n) is 3.54. The lowest BCUT2D eigenvalue weighted by molar-refractivity contribution is -0.130. The molecule has 0 radical (unpaired) electrons. The van der Waals surface area contributed by atoms with Gasteiger partial charge in [0.05, 0.1) is 10.0 Å². The van der Waals surface area contributed by atoms with Crippen LogP contribution in [0.1, 0.15) is 23.3 Å². The molecule has 0 aliphatic carbocycles. The number of benzene rings is 1. The van der Waals surface area contributed by atoms with Crippen molar-refractivity contribution in [1.29, 1.82) is 0 Å². The van der Waals surface area contributed by atoms with Crippen LogP contribution in [-0.2, 0) is 4.79 Å². The molecule has 126 valence electrons. The molecule has 1 atom stereocenters. The van der Waals surface area contributed by atoms with Crippen molar-refractivity contribution in [3.8, 4) is 0 Å². The van der Waals surface area contributed by atoms with Crippen LogP contribution in [-0.4, -0.2) is 52.3 Å². The van der Waals surface area contributed by atoms with E-state index in [1.54, 1.807) is 4.90 Å². The number of halogens is 3.